The normalized spacial score (nSPS) is 24.6. The van der Waals surface area contributed by atoms with E-state index < -0.39 is 39.9 Å². The fourth-order valence-electron chi connectivity index (χ4n) is 3.31. The van der Waals surface area contributed by atoms with E-state index in [0.717, 1.165) is 0 Å². The van der Waals surface area contributed by atoms with Gasteiger partial charge in [0, 0.05) is 0 Å². The van der Waals surface area contributed by atoms with Crippen LogP contribution in [0.2, 0.25) is 26.2 Å². The van der Waals surface area contributed by atoms with Gasteiger partial charge in [0.25, 0.3) is 0 Å². The molecular weight excluding hydrogens is 402 g/mol. The van der Waals surface area contributed by atoms with E-state index in [0.29, 0.717) is 0 Å². The maximum absolute atomic E-state index is 6.78. The molecule has 0 spiro atoms. The molecule has 0 aromatic heterocycles. The SMILES string of the molecule is C[Si]1(C)O[Si](C)(C)C2=[C](CC=C2)[Zr+2][C]2=C1C=CC2.[Cl-].[Cl-]. The van der Waals surface area contributed by atoms with E-state index in [1.165, 1.54) is 12.8 Å². The van der Waals surface area contributed by atoms with Gasteiger partial charge < -0.3 is 24.8 Å². The number of allylic oxidation sites excluding steroid dienone is 8. The Bertz CT molecular complexity index is 487. The van der Waals surface area contributed by atoms with Crippen LogP contribution in [0.15, 0.2) is 41.3 Å². The molecule has 0 radical (unpaired) electrons. The zero-order valence-electron chi connectivity index (χ0n) is 12.4. The van der Waals surface area contributed by atoms with Crippen molar-refractivity contribution < 1.29 is 52.2 Å². The topological polar surface area (TPSA) is 9.23 Å². The van der Waals surface area contributed by atoms with Gasteiger partial charge in [-0.1, -0.05) is 0 Å². The summed E-state index contributed by atoms with van der Waals surface area (Å²) in [5.41, 5.74) is 0. The molecule has 0 bridgehead atoms. The number of hydrogen-bond donors (Lipinski definition) is 0. The van der Waals surface area contributed by atoms with Gasteiger partial charge in [-0.15, -0.1) is 0 Å². The minimum absolute atomic E-state index is 0. The fraction of sp³-hybridized carbons (Fsp3) is 0.429. The second-order valence-corrected chi connectivity index (χ2v) is 17.8. The van der Waals surface area contributed by atoms with E-state index >= 15 is 0 Å². The van der Waals surface area contributed by atoms with E-state index in [1.54, 1.807) is 17.0 Å². The van der Waals surface area contributed by atoms with E-state index in [4.69, 9.17) is 4.12 Å². The van der Waals surface area contributed by atoms with Crippen molar-refractivity contribution in [2.24, 2.45) is 0 Å². The van der Waals surface area contributed by atoms with Crippen LogP contribution in [0.3, 0.4) is 0 Å². The first kappa shape index (κ1) is 18.9. The zero-order valence-corrected chi connectivity index (χ0v) is 18.4. The Morgan fingerprint density at radius 3 is 1.65 bits per heavy atom. The number of rotatable bonds is 0. The third-order valence-corrected chi connectivity index (χ3v) is 16.6. The van der Waals surface area contributed by atoms with E-state index in [1.807, 2.05) is 0 Å². The summed E-state index contributed by atoms with van der Waals surface area (Å²) in [6.45, 7) is 9.60. The second kappa shape index (κ2) is 6.52. The molecule has 0 aromatic carbocycles. The quantitative estimate of drug-likeness (QED) is 0.412. The fourth-order valence-corrected chi connectivity index (χ4v) is 20.2. The Morgan fingerprint density at radius 2 is 1.25 bits per heavy atom. The van der Waals surface area contributed by atoms with Gasteiger partial charge in [0.15, 0.2) is 0 Å². The van der Waals surface area contributed by atoms with Crippen LogP contribution in [-0.4, -0.2) is 16.6 Å². The molecule has 0 N–H and O–H groups in total. The number of hydrogen-bond acceptors (Lipinski definition) is 1. The Labute approximate surface area is 148 Å². The molecular formula is C14H20Cl2OSi2Zr. The summed E-state index contributed by atoms with van der Waals surface area (Å²) in [5, 5.41) is 3.29. The van der Waals surface area contributed by atoms with Gasteiger partial charge >= 0.3 is 124 Å². The maximum Gasteiger partial charge on any atom is -1.00 e. The first-order valence-corrected chi connectivity index (χ1v) is 15.0. The molecule has 0 saturated heterocycles. The van der Waals surface area contributed by atoms with E-state index in [9.17, 15) is 0 Å². The standard InChI is InChI=1S/C14H20OSi2.2ClH.Zr/c1-16(2,13-9-5-6-10-13)15-17(3,4)14-11-7-8-12-14;;;/h5,7,9,11H,6,8H2,1-4H3;2*1H;/q;;;+2/p-2. The van der Waals surface area contributed by atoms with Crippen molar-refractivity contribution in [2.45, 2.75) is 39.0 Å². The van der Waals surface area contributed by atoms with Crippen LogP contribution < -0.4 is 24.8 Å². The molecule has 1 aliphatic heterocycles. The van der Waals surface area contributed by atoms with Crippen molar-refractivity contribution in [3.63, 3.8) is 0 Å². The Kier molecular flexibility index (Phi) is 6.15. The Balaban J connectivity index is 0.000001000. The maximum atomic E-state index is 6.78. The van der Waals surface area contributed by atoms with Crippen molar-refractivity contribution in [3.05, 3.63) is 41.3 Å². The van der Waals surface area contributed by atoms with Crippen LogP contribution in [0.5, 0.6) is 0 Å². The van der Waals surface area contributed by atoms with Crippen molar-refractivity contribution in [1.82, 2.24) is 0 Å². The first-order chi connectivity index (χ1) is 8.40. The second-order valence-electron chi connectivity index (χ2n) is 6.25. The van der Waals surface area contributed by atoms with Crippen molar-refractivity contribution in [2.75, 3.05) is 0 Å². The zero-order chi connectivity index (χ0) is 13.0. The molecule has 1 heterocycles. The summed E-state index contributed by atoms with van der Waals surface area (Å²) in [5.74, 6) is 0. The van der Waals surface area contributed by atoms with E-state index in [2.05, 4.69) is 50.5 Å². The van der Waals surface area contributed by atoms with Crippen LogP contribution in [0.1, 0.15) is 12.8 Å². The van der Waals surface area contributed by atoms with Gasteiger partial charge in [0.1, 0.15) is 0 Å². The largest absolute Gasteiger partial charge is 1.00 e. The van der Waals surface area contributed by atoms with Crippen molar-refractivity contribution in [3.8, 4) is 0 Å². The molecule has 6 heteroatoms. The van der Waals surface area contributed by atoms with Crippen LogP contribution in [0.4, 0.5) is 0 Å². The molecule has 108 valence electrons. The van der Waals surface area contributed by atoms with Crippen LogP contribution >= 0.6 is 0 Å². The summed E-state index contributed by atoms with van der Waals surface area (Å²) < 4.78 is 10.4. The molecule has 0 atom stereocenters. The summed E-state index contributed by atoms with van der Waals surface area (Å²) in [6.07, 6.45) is 12.0. The van der Waals surface area contributed by atoms with Gasteiger partial charge in [-0.2, -0.15) is 0 Å². The molecule has 1 nitrogen and oxygen atoms in total. The van der Waals surface area contributed by atoms with Gasteiger partial charge in [-0.25, -0.2) is 0 Å². The molecule has 0 saturated carbocycles. The number of halogens is 2. The van der Waals surface area contributed by atoms with Crippen LogP contribution in [-0.2, 0) is 27.4 Å². The molecule has 3 rings (SSSR count). The summed E-state index contributed by atoms with van der Waals surface area (Å²) in [4.78, 5) is 0. The minimum Gasteiger partial charge on any atom is -1.00 e. The van der Waals surface area contributed by atoms with Gasteiger partial charge in [0.05, 0.1) is 0 Å². The van der Waals surface area contributed by atoms with Gasteiger partial charge in [-0.3, -0.25) is 0 Å². The summed E-state index contributed by atoms with van der Waals surface area (Å²) in [6, 6.07) is 0. The molecule has 0 amide bonds. The van der Waals surface area contributed by atoms with Gasteiger partial charge in [0.2, 0.25) is 0 Å². The summed E-state index contributed by atoms with van der Waals surface area (Å²) >= 11 is -0.518. The van der Waals surface area contributed by atoms with Crippen molar-refractivity contribution >= 4 is 16.6 Å². The predicted molar refractivity (Wildman–Crippen MR) is 77.6 cm³/mol. The molecule has 2 aliphatic carbocycles. The average Bonchev–Trinajstić information content (AvgIpc) is 2.84. The smallest absolute Gasteiger partial charge is 1.00 e. The molecule has 0 aromatic rings. The first-order valence-electron chi connectivity index (χ1n) is 6.68. The van der Waals surface area contributed by atoms with Crippen molar-refractivity contribution in [1.29, 1.82) is 0 Å². The predicted octanol–water partition coefficient (Wildman–Crippen LogP) is -1.98. The van der Waals surface area contributed by atoms with Crippen LogP contribution in [0.25, 0.3) is 0 Å². The van der Waals surface area contributed by atoms with Crippen LogP contribution in [0, 0.1) is 0 Å². The Hall–Kier alpha value is 0.817. The van der Waals surface area contributed by atoms with E-state index in [-0.39, 0.29) is 24.8 Å². The average molecular weight is 423 g/mol. The molecule has 20 heavy (non-hydrogen) atoms. The molecule has 0 unspecified atom stereocenters. The monoisotopic (exact) mass is 420 g/mol. The Morgan fingerprint density at radius 1 is 0.850 bits per heavy atom. The minimum atomic E-state index is -1.67. The third kappa shape index (κ3) is 3.26. The summed E-state index contributed by atoms with van der Waals surface area (Å²) in [7, 11) is -3.34. The third-order valence-electron chi connectivity index (χ3n) is 3.97. The molecule has 3 aliphatic rings. The van der Waals surface area contributed by atoms with Gasteiger partial charge in [-0.05, 0) is 0 Å². The molecule has 0 fully saturated rings.